The fourth-order valence-electron chi connectivity index (χ4n) is 2.61. The lowest BCUT2D eigenvalue weighted by Crippen LogP contribution is -2.27. The molecule has 1 aromatic carbocycles. The molecule has 0 aliphatic heterocycles. The van der Waals surface area contributed by atoms with Gasteiger partial charge in [0.25, 0.3) is 5.91 Å². The third-order valence-electron chi connectivity index (χ3n) is 4.12. The van der Waals surface area contributed by atoms with Gasteiger partial charge in [-0.2, -0.15) is 0 Å². The molecule has 0 saturated heterocycles. The Hall–Kier alpha value is -2.93. The van der Waals surface area contributed by atoms with Crippen LogP contribution in [0.15, 0.2) is 46.2 Å². The number of furan rings is 1. The van der Waals surface area contributed by atoms with Crippen LogP contribution in [0.4, 0.5) is 0 Å². The second-order valence-corrected chi connectivity index (χ2v) is 7.12. The number of aromatic nitrogens is 1. The normalized spacial score (nSPS) is 10.6. The second kappa shape index (κ2) is 8.18. The molecule has 0 atom stereocenters. The summed E-state index contributed by atoms with van der Waals surface area (Å²) >= 11 is 1.47. The first-order valence-corrected chi connectivity index (χ1v) is 9.40. The van der Waals surface area contributed by atoms with E-state index in [0.29, 0.717) is 12.1 Å². The van der Waals surface area contributed by atoms with Crippen molar-refractivity contribution < 1.29 is 14.0 Å². The first-order chi connectivity index (χ1) is 13.0. The van der Waals surface area contributed by atoms with Crippen LogP contribution in [0.25, 0.3) is 10.8 Å². The molecule has 2 amide bonds. The molecule has 2 aromatic heterocycles. The Bertz CT molecular complexity index is 944. The largest absolute Gasteiger partial charge is 0.459 e. The maximum Gasteiger partial charge on any atom is 0.251 e. The van der Waals surface area contributed by atoms with E-state index in [0.717, 1.165) is 27.8 Å². The Morgan fingerprint density at radius 3 is 2.56 bits per heavy atom. The number of carbonyl (C=O) groups excluding carboxylic acids is 2. The average Bonchev–Trinajstić information content (AvgIpc) is 3.30. The minimum atomic E-state index is -0.128. The van der Waals surface area contributed by atoms with Crippen LogP contribution in [-0.4, -0.2) is 35.8 Å². The molecule has 0 unspecified atom stereocenters. The maximum atomic E-state index is 12.5. The van der Waals surface area contributed by atoms with Crippen LogP contribution in [0.2, 0.25) is 0 Å². The third-order valence-corrected chi connectivity index (χ3v) is 5.03. The van der Waals surface area contributed by atoms with E-state index in [-0.39, 0.29) is 18.2 Å². The highest BCUT2D eigenvalue weighted by molar-refractivity contribution is 7.13. The lowest BCUT2D eigenvalue weighted by Gasteiger charge is -2.17. The summed E-state index contributed by atoms with van der Waals surface area (Å²) in [4.78, 5) is 30.2. The Labute approximate surface area is 161 Å². The summed E-state index contributed by atoms with van der Waals surface area (Å²) in [6, 6.07) is 11.0. The Kier molecular flexibility index (Phi) is 5.71. The summed E-state index contributed by atoms with van der Waals surface area (Å²) in [7, 11) is 3.36. The lowest BCUT2D eigenvalue weighted by molar-refractivity contribution is -0.129. The van der Waals surface area contributed by atoms with Crippen molar-refractivity contribution in [1.82, 2.24) is 15.2 Å². The van der Waals surface area contributed by atoms with Crippen LogP contribution in [0, 0.1) is 6.92 Å². The molecule has 140 valence electrons. The molecule has 0 fully saturated rings. The van der Waals surface area contributed by atoms with Gasteiger partial charge in [-0.25, -0.2) is 4.98 Å². The zero-order chi connectivity index (χ0) is 19.4. The summed E-state index contributed by atoms with van der Waals surface area (Å²) in [5.41, 5.74) is 2.29. The van der Waals surface area contributed by atoms with Crippen LogP contribution >= 0.6 is 11.3 Å². The van der Waals surface area contributed by atoms with E-state index < -0.39 is 0 Å². The van der Waals surface area contributed by atoms with Crippen molar-refractivity contribution in [3.05, 3.63) is 64.4 Å². The smallest absolute Gasteiger partial charge is 0.251 e. The molecule has 3 rings (SSSR count). The van der Waals surface area contributed by atoms with Gasteiger partial charge in [-0.05, 0) is 36.8 Å². The minimum absolute atomic E-state index is 0.0159. The summed E-state index contributed by atoms with van der Waals surface area (Å²) in [5.74, 6) is 1.41. The Morgan fingerprint density at radius 1 is 1.19 bits per heavy atom. The topological polar surface area (TPSA) is 75.4 Å². The molecule has 0 aliphatic carbocycles. The highest BCUT2D eigenvalue weighted by Gasteiger charge is 2.15. The number of amides is 2. The fourth-order valence-corrected chi connectivity index (χ4v) is 3.39. The standard InChI is InChI=1S/C20H21N3O3S/c1-13-4-9-17(26-13)20-22-16(12-27-20)10-18(24)23(3)11-14-5-7-15(8-6-14)19(25)21-2/h4-9,12H,10-11H2,1-3H3,(H,21,25). The number of likely N-dealkylation sites (N-methyl/N-ethyl adjacent to an activating group) is 1. The van der Waals surface area contributed by atoms with E-state index in [1.165, 1.54) is 11.3 Å². The molecular weight excluding hydrogens is 362 g/mol. The van der Waals surface area contributed by atoms with Gasteiger partial charge in [-0.1, -0.05) is 12.1 Å². The van der Waals surface area contributed by atoms with Crippen molar-refractivity contribution in [3.63, 3.8) is 0 Å². The molecule has 2 heterocycles. The molecule has 0 spiro atoms. The van der Waals surface area contributed by atoms with E-state index in [1.807, 2.05) is 36.6 Å². The van der Waals surface area contributed by atoms with Crippen LogP contribution < -0.4 is 5.32 Å². The zero-order valence-electron chi connectivity index (χ0n) is 15.5. The van der Waals surface area contributed by atoms with Gasteiger partial charge in [-0.3, -0.25) is 9.59 Å². The van der Waals surface area contributed by atoms with Crippen molar-refractivity contribution in [1.29, 1.82) is 0 Å². The van der Waals surface area contributed by atoms with Gasteiger partial charge in [0.15, 0.2) is 10.8 Å². The highest BCUT2D eigenvalue weighted by Crippen LogP contribution is 2.25. The monoisotopic (exact) mass is 383 g/mol. The number of thiazole rings is 1. The first-order valence-electron chi connectivity index (χ1n) is 8.52. The van der Waals surface area contributed by atoms with E-state index in [9.17, 15) is 9.59 Å². The highest BCUT2D eigenvalue weighted by atomic mass is 32.1. The number of aryl methyl sites for hydroxylation is 1. The predicted octanol–water partition coefficient (Wildman–Crippen LogP) is 3.27. The van der Waals surface area contributed by atoms with Crippen molar-refractivity contribution in [2.75, 3.05) is 14.1 Å². The summed E-state index contributed by atoms with van der Waals surface area (Å²) in [5, 5.41) is 5.25. The van der Waals surface area contributed by atoms with Crippen molar-refractivity contribution in [2.45, 2.75) is 19.9 Å². The summed E-state index contributed by atoms with van der Waals surface area (Å²) < 4.78 is 5.57. The quantitative estimate of drug-likeness (QED) is 0.709. The molecule has 0 bridgehead atoms. The van der Waals surface area contributed by atoms with E-state index in [1.54, 1.807) is 31.1 Å². The second-order valence-electron chi connectivity index (χ2n) is 6.26. The molecule has 0 saturated carbocycles. The maximum absolute atomic E-state index is 12.5. The van der Waals surface area contributed by atoms with Gasteiger partial charge >= 0.3 is 0 Å². The van der Waals surface area contributed by atoms with Gasteiger partial charge in [-0.15, -0.1) is 11.3 Å². The van der Waals surface area contributed by atoms with Crippen LogP contribution in [-0.2, 0) is 17.8 Å². The van der Waals surface area contributed by atoms with Gasteiger partial charge in [0.1, 0.15) is 5.76 Å². The van der Waals surface area contributed by atoms with E-state index in [2.05, 4.69) is 10.3 Å². The van der Waals surface area contributed by atoms with Gasteiger partial charge in [0, 0.05) is 31.6 Å². The van der Waals surface area contributed by atoms with E-state index >= 15 is 0 Å². The molecule has 0 aliphatic rings. The summed E-state index contributed by atoms with van der Waals surface area (Å²) in [6.45, 7) is 2.36. The van der Waals surface area contributed by atoms with Crippen molar-refractivity contribution in [2.24, 2.45) is 0 Å². The van der Waals surface area contributed by atoms with Crippen LogP contribution in [0.5, 0.6) is 0 Å². The predicted molar refractivity (Wildman–Crippen MR) is 105 cm³/mol. The first kappa shape index (κ1) is 18.8. The van der Waals surface area contributed by atoms with Gasteiger partial charge < -0.3 is 14.6 Å². The molecule has 7 heteroatoms. The fraction of sp³-hybridized carbons (Fsp3) is 0.250. The van der Waals surface area contributed by atoms with Crippen molar-refractivity contribution in [3.8, 4) is 10.8 Å². The molecule has 27 heavy (non-hydrogen) atoms. The lowest BCUT2D eigenvalue weighted by atomic mass is 10.1. The van der Waals surface area contributed by atoms with Gasteiger partial charge in [0.05, 0.1) is 12.1 Å². The zero-order valence-corrected chi connectivity index (χ0v) is 16.3. The number of hydrogen-bond acceptors (Lipinski definition) is 5. The van der Waals surface area contributed by atoms with Crippen LogP contribution in [0.1, 0.15) is 27.4 Å². The molecule has 0 radical (unpaired) electrons. The van der Waals surface area contributed by atoms with Crippen molar-refractivity contribution >= 4 is 23.2 Å². The Balaban J connectivity index is 1.59. The summed E-state index contributed by atoms with van der Waals surface area (Å²) in [6.07, 6.45) is 0.239. The molecule has 1 N–H and O–H groups in total. The molecule has 3 aromatic rings. The molecular formula is C20H21N3O3S. The average molecular weight is 383 g/mol. The van der Waals surface area contributed by atoms with E-state index in [4.69, 9.17) is 4.42 Å². The SMILES string of the molecule is CNC(=O)c1ccc(CN(C)C(=O)Cc2csc(-c3ccc(C)o3)n2)cc1. The van der Waals surface area contributed by atoms with Crippen LogP contribution in [0.3, 0.4) is 0 Å². The molecule has 6 nitrogen and oxygen atoms in total. The number of rotatable bonds is 6. The number of nitrogens with zero attached hydrogens (tertiary/aromatic N) is 2. The number of carbonyl (C=O) groups is 2. The van der Waals surface area contributed by atoms with Gasteiger partial charge in [0.2, 0.25) is 5.91 Å². The number of nitrogens with one attached hydrogen (secondary N) is 1. The minimum Gasteiger partial charge on any atom is -0.459 e. The Morgan fingerprint density at radius 2 is 1.93 bits per heavy atom. The number of hydrogen-bond donors (Lipinski definition) is 1. The third kappa shape index (κ3) is 4.62. The number of benzene rings is 1.